The van der Waals surface area contributed by atoms with Crippen molar-refractivity contribution in [2.45, 2.75) is 43.2 Å². The Morgan fingerprint density at radius 1 is 1.20 bits per heavy atom. The predicted molar refractivity (Wildman–Crippen MR) is 99.6 cm³/mol. The smallest absolute Gasteiger partial charge is 0.256 e. The Balaban J connectivity index is 0.00000312. The molecule has 9 heteroatoms. The van der Waals surface area contributed by atoms with E-state index in [1.54, 1.807) is 26.0 Å². The van der Waals surface area contributed by atoms with Crippen molar-refractivity contribution < 1.29 is 17.9 Å². The van der Waals surface area contributed by atoms with Crippen LogP contribution in [0.25, 0.3) is 0 Å². The minimum Gasteiger partial charge on any atom is -0.368 e. The van der Waals surface area contributed by atoms with Gasteiger partial charge in [-0.15, -0.1) is 12.4 Å². The lowest BCUT2D eigenvalue weighted by molar-refractivity contribution is -0.140. The number of piperidine rings is 1. The highest BCUT2D eigenvalue weighted by Gasteiger charge is 2.39. The number of sulfonamides is 1. The monoisotopic (exact) mass is 391 g/mol. The van der Waals surface area contributed by atoms with E-state index >= 15 is 0 Å². The van der Waals surface area contributed by atoms with Gasteiger partial charge in [0.05, 0.1) is 4.90 Å². The summed E-state index contributed by atoms with van der Waals surface area (Å²) in [4.78, 5) is 12.7. The van der Waals surface area contributed by atoms with Gasteiger partial charge in [0, 0.05) is 18.8 Å². The third-order valence-corrected chi connectivity index (χ3v) is 5.70. The van der Waals surface area contributed by atoms with Gasteiger partial charge in [-0.3, -0.25) is 4.79 Å². The first-order chi connectivity index (χ1) is 11.3. The molecule has 25 heavy (non-hydrogen) atoms. The van der Waals surface area contributed by atoms with Crippen LogP contribution in [-0.2, 0) is 19.6 Å². The van der Waals surface area contributed by atoms with Gasteiger partial charge in [-0.2, -0.15) is 0 Å². The fourth-order valence-electron chi connectivity index (χ4n) is 2.70. The molecule has 142 valence electrons. The van der Waals surface area contributed by atoms with Crippen LogP contribution in [0, 0.1) is 0 Å². The van der Waals surface area contributed by atoms with Crippen LogP contribution in [0.15, 0.2) is 29.2 Å². The Hall–Kier alpha value is -1.19. The van der Waals surface area contributed by atoms with E-state index in [1.165, 1.54) is 19.2 Å². The summed E-state index contributed by atoms with van der Waals surface area (Å²) in [7, 11) is -2.00. The lowest BCUT2D eigenvalue weighted by Gasteiger charge is -2.34. The van der Waals surface area contributed by atoms with E-state index in [0.717, 1.165) is 13.1 Å². The van der Waals surface area contributed by atoms with Gasteiger partial charge in [-0.1, -0.05) is 0 Å². The molecule has 0 bridgehead atoms. The zero-order valence-electron chi connectivity index (χ0n) is 14.7. The van der Waals surface area contributed by atoms with Crippen molar-refractivity contribution in [3.63, 3.8) is 0 Å². The van der Waals surface area contributed by atoms with E-state index in [2.05, 4.69) is 15.4 Å². The van der Waals surface area contributed by atoms with Gasteiger partial charge in [0.15, 0.2) is 0 Å². The summed E-state index contributed by atoms with van der Waals surface area (Å²) in [5, 5.41) is 6.01. The summed E-state index contributed by atoms with van der Waals surface area (Å²) >= 11 is 0. The third-order valence-electron chi connectivity index (χ3n) is 4.03. The minimum atomic E-state index is -3.54. The number of carbonyl (C=O) groups is 1. The number of carbonyl (C=O) groups excluding carboxylic acids is 1. The molecule has 0 unspecified atom stereocenters. The van der Waals surface area contributed by atoms with Crippen molar-refractivity contribution in [2.75, 3.05) is 25.5 Å². The Morgan fingerprint density at radius 3 is 2.24 bits per heavy atom. The molecule has 0 radical (unpaired) electrons. The molecule has 1 saturated heterocycles. The van der Waals surface area contributed by atoms with Crippen LogP contribution in [0.1, 0.15) is 26.7 Å². The molecule has 0 saturated carbocycles. The standard InChI is InChI=1S/C16H25N3O4S.ClH/c1-12(2)19-24(21,22)14-6-4-13(5-7-14)18-15(20)16(23-3)8-10-17-11-9-16;/h4-7,12,17,19H,8-11H2,1-3H3,(H,18,20);1H. The van der Waals surface area contributed by atoms with Gasteiger partial charge in [0.2, 0.25) is 10.0 Å². The first-order valence-corrected chi connectivity index (χ1v) is 9.47. The molecule has 0 aliphatic carbocycles. The molecule has 0 aromatic heterocycles. The van der Waals surface area contributed by atoms with E-state index in [-0.39, 0.29) is 29.3 Å². The first kappa shape index (κ1) is 21.9. The molecule has 1 heterocycles. The Bertz CT molecular complexity index is 671. The largest absolute Gasteiger partial charge is 0.368 e. The Labute approximate surface area is 155 Å². The number of halogens is 1. The lowest BCUT2D eigenvalue weighted by Crippen LogP contribution is -2.51. The summed E-state index contributed by atoms with van der Waals surface area (Å²) in [5.41, 5.74) is -0.298. The molecule has 0 spiro atoms. The number of benzene rings is 1. The van der Waals surface area contributed by atoms with Crippen molar-refractivity contribution in [2.24, 2.45) is 0 Å². The normalized spacial score (nSPS) is 17.0. The third kappa shape index (κ3) is 5.39. The zero-order valence-corrected chi connectivity index (χ0v) is 16.3. The molecule has 7 nitrogen and oxygen atoms in total. The number of amides is 1. The number of hydrogen-bond donors (Lipinski definition) is 3. The van der Waals surface area contributed by atoms with Crippen LogP contribution < -0.4 is 15.4 Å². The number of hydrogen-bond acceptors (Lipinski definition) is 5. The second-order valence-electron chi connectivity index (χ2n) is 6.20. The van der Waals surface area contributed by atoms with Gasteiger partial charge in [-0.25, -0.2) is 13.1 Å². The highest BCUT2D eigenvalue weighted by molar-refractivity contribution is 7.89. The van der Waals surface area contributed by atoms with Crippen LogP contribution in [0.3, 0.4) is 0 Å². The maximum Gasteiger partial charge on any atom is 0.256 e. The molecule has 1 aliphatic heterocycles. The number of ether oxygens (including phenoxy) is 1. The van der Waals surface area contributed by atoms with Crippen molar-refractivity contribution in [3.8, 4) is 0 Å². The van der Waals surface area contributed by atoms with Crippen LogP contribution >= 0.6 is 12.4 Å². The fourth-order valence-corrected chi connectivity index (χ4v) is 3.95. The van der Waals surface area contributed by atoms with Gasteiger partial charge >= 0.3 is 0 Å². The molecule has 1 aromatic rings. The average molecular weight is 392 g/mol. The van der Waals surface area contributed by atoms with E-state index in [0.29, 0.717) is 18.5 Å². The van der Waals surface area contributed by atoms with Crippen LogP contribution in [0.2, 0.25) is 0 Å². The van der Waals surface area contributed by atoms with E-state index in [1.807, 2.05) is 0 Å². The van der Waals surface area contributed by atoms with Crippen molar-refractivity contribution in [3.05, 3.63) is 24.3 Å². The molecule has 1 aliphatic rings. The fraction of sp³-hybridized carbons (Fsp3) is 0.562. The SMILES string of the molecule is COC1(C(=O)Nc2ccc(S(=O)(=O)NC(C)C)cc2)CCNCC1.Cl. The first-order valence-electron chi connectivity index (χ1n) is 7.99. The second kappa shape index (κ2) is 8.95. The lowest BCUT2D eigenvalue weighted by atomic mass is 9.91. The number of nitrogens with one attached hydrogen (secondary N) is 3. The maximum absolute atomic E-state index is 12.6. The topological polar surface area (TPSA) is 96.5 Å². The summed E-state index contributed by atoms with van der Waals surface area (Å²) in [5.74, 6) is -0.206. The molecular formula is C16H26ClN3O4S. The Kier molecular flexibility index (Phi) is 7.83. The van der Waals surface area contributed by atoms with Crippen LogP contribution in [-0.4, -0.2) is 46.2 Å². The van der Waals surface area contributed by atoms with Gasteiger partial charge < -0.3 is 15.4 Å². The second-order valence-corrected chi connectivity index (χ2v) is 7.92. The molecule has 1 amide bonds. The molecular weight excluding hydrogens is 366 g/mol. The molecule has 3 N–H and O–H groups in total. The van der Waals surface area contributed by atoms with Gasteiger partial charge in [0.25, 0.3) is 5.91 Å². The zero-order chi connectivity index (χ0) is 17.8. The summed E-state index contributed by atoms with van der Waals surface area (Å²) in [6.45, 7) is 4.96. The Morgan fingerprint density at radius 2 is 1.76 bits per heavy atom. The van der Waals surface area contributed by atoms with E-state index < -0.39 is 15.6 Å². The molecule has 1 aromatic carbocycles. The predicted octanol–water partition coefficient (Wildman–Crippen LogP) is 1.50. The number of rotatable bonds is 6. The van der Waals surface area contributed by atoms with Crippen molar-refractivity contribution in [1.82, 2.24) is 10.0 Å². The highest BCUT2D eigenvalue weighted by atomic mass is 35.5. The van der Waals surface area contributed by atoms with Crippen molar-refractivity contribution in [1.29, 1.82) is 0 Å². The van der Waals surface area contributed by atoms with Crippen LogP contribution in [0.5, 0.6) is 0 Å². The summed E-state index contributed by atoms with van der Waals surface area (Å²) in [6.07, 6.45) is 1.19. The highest BCUT2D eigenvalue weighted by Crippen LogP contribution is 2.25. The van der Waals surface area contributed by atoms with E-state index in [4.69, 9.17) is 4.74 Å². The number of anilines is 1. The number of methoxy groups -OCH3 is 1. The summed E-state index contributed by atoms with van der Waals surface area (Å²) < 4.78 is 32.2. The van der Waals surface area contributed by atoms with Gasteiger partial charge in [0.1, 0.15) is 5.60 Å². The van der Waals surface area contributed by atoms with Gasteiger partial charge in [-0.05, 0) is 64.0 Å². The molecule has 1 fully saturated rings. The van der Waals surface area contributed by atoms with Crippen molar-refractivity contribution >= 4 is 34.0 Å². The maximum atomic E-state index is 12.6. The van der Waals surface area contributed by atoms with Crippen LogP contribution in [0.4, 0.5) is 5.69 Å². The minimum absolute atomic E-state index is 0. The van der Waals surface area contributed by atoms with E-state index in [9.17, 15) is 13.2 Å². The molecule has 0 atom stereocenters. The molecule has 2 rings (SSSR count). The summed E-state index contributed by atoms with van der Waals surface area (Å²) in [6, 6.07) is 5.93. The quantitative estimate of drug-likeness (QED) is 0.682. The average Bonchev–Trinajstić information content (AvgIpc) is 2.54.